The maximum atomic E-state index is 12.7. The number of methoxy groups -OCH3 is 1. The van der Waals surface area contributed by atoms with Gasteiger partial charge in [0.1, 0.15) is 18.3 Å². The first kappa shape index (κ1) is 34.6. The summed E-state index contributed by atoms with van der Waals surface area (Å²) in [7, 11) is 1.33. The minimum absolute atomic E-state index is 0.0835. The van der Waals surface area contributed by atoms with Crippen molar-refractivity contribution in [3.8, 4) is 0 Å². The zero-order valence-electron chi connectivity index (χ0n) is 28.1. The number of carbonyl (C=O) groups is 3. The van der Waals surface area contributed by atoms with E-state index in [0.29, 0.717) is 19.4 Å². The third-order valence-corrected chi connectivity index (χ3v) is 12.0. The van der Waals surface area contributed by atoms with E-state index in [0.717, 1.165) is 24.8 Å². The lowest BCUT2D eigenvalue weighted by Gasteiger charge is -2.66. The van der Waals surface area contributed by atoms with Gasteiger partial charge in [0.15, 0.2) is 0 Å². The number of allylic oxidation sites excluding steroid dienone is 2. The van der Waals surface area contributed by atoms with Gasteiger partial charge in [-0.25, -0.2) is 0 Å². The lowest BCUT2D eigenvalue weighted by Crippen LogP contribution is -2.65. The highest BCUT2D eigenvalue weighted by Crippen LogP contribution is 2.71. The minimum Gasteiger partial charge on any atom is -0.469 e. The summed E-state index contributed by atoms with van der Waals surface area (Å²) in [6.07, 6.45) is 2.98. The van der Waals surface area contributed by atoms with Crippen molar-refractivity contribution in [2.75, 3.05) is 13.7 Å². The molecule has 3 aliphatic carbocycles. The summed E-state index contributed by atoms with van der Waals surface area (Å²) in [6.45, 7) is 19.4. The largest absolute Gasteiger partial charge is 0.469 e. The summed E-state index contributed by atoms with van der Waals surface area (Å²) < 4.78 is 23.3. The van der Waals surface area contributed by atoms with Crippen molar-refractivity contribution in [3.05, 3.63) is 23.8 Å². The Kier molecular flexibility index (Phi) is 9.59. The summed E-state index contributed by atoms with van der Waals surface area (Å²) in [5.41, 5.74) is -0.619. The van der Waals surface area contributed by atoms with Crippen molar-refractivity contribution < 1.29 is 43.5 Å². The Morgan fingerprint density at radius 3 is 2.32 bits per heavy atom. The van der Waals surface area contributed by atoms with Crippen LogP contribution in [0.5, 0.6) is 0 Å². The van der Waals surface area contributed by atoms with E-state index in [2.05, 4.69) is 33.4 Å². The number of hydrogen-bond donors (Lipinski definition) is 2. The zero-order valence-corrected chi connectivity index (χ0v) is 28.1. The third kappa shape index (κ3) is 5.77. The average Bonchev–Trinajstić information content (AvgIpc) is 3.26. The van der Waals surface area contributed by atoms with Gasteiger partial charge in [-0.2, -0.15) is 0 Å². The molecule has 248 valence electrons. The molecule has 2 N–H and O–H groups in total. The molecule has 0 bridgehead atoms. The fourth-order valence-corrected chi connectivity index (χ4v) is 10.2. The monoisotopic (exact) mass is 618 g/mol. The first-order chi connectivity index (χ1) is 20.3. The molecule has 4 rings (SSSR count). The van der Waals surface area contributed by atoms with Crippen molar-refractivity contribution in [2.24, 2.45) is 39.9 Å². The van der Waals surface area contributed by atoms with Crippen molar-refractivity contribution in [3.63, 3.8) is 0 Å². The van der Waals surface area contributed by atoms with Gasteiger partial charge >= 0.3 is 17.9 Å². The van der Waals surface area contributed by atoms with Gasteiger partial charge in [-0.15, -0.1) is 0 Å². The van der Waals surface area contributed by atoms with Crippen LogP contribution < -0.4 is 0 Å². The Morgan fingerprint density at radius 1 is 1.14 bits per heavy atom. The Balaban J connectivity index is 1.79. The van der Waals surface area contributed by atoms with E-state index in [4.69, 9.17) is 18.9 Å². The van der Waals surface area contributed by atoms with Gasteiger partial charge in [0.25, 0.3) is 0 Å². The average molecular weight is 619 g/mol. The summed E-state index contributed by atoms with van der Waals surface area (Å²) in [5, 5.41) is 21.6. The highest BCUT2D eigenvalue weighted by molar-refractivity contribution is 5.71. The minimum atomic E-state index is -1.15. The second-order valence-electron chi connectivity index (χ2n) is 15.2. The number of esters is 3. The highest BCUT2D eigenvalue weighted by Gasteiger charge is 2.69. The Hall–Kier alpha value is -2.23. The first-order valence-corrected chi connectivity index (χ1v) is 16.1. The lowest BCUT2D eigenvalue weighted by atomic mass is 9.40. The molecular formula is C35H54O9. The molecule has 44 heavy (non-hydrogen) atoms. The van der Waals surface area contributed by atoms with Crippen molar-refractivity contribution >= 4 is 17.9 Å². The number of aliphatic hydroxyl groups is 2. The molecule has 3 fully saturated rings. The topological polar surface area (TPSA) is 129 Å². The molecule has 2 saturated carbocycles. The molecule has 0 spiro atoms. The van der Waals surface area contributed by atoms with E-state index in [1.165, 1.54) is 26.5 Å². The molecule has 1 unspecified atom stereocenters. The zero-order chi connectivity index (χ0) is 33.0. The molecule has 11 atom stereocenters. The maximum Gasteiger partial charge on any atom is 0.309 e. The van der Waals surface area contributed by atoms with Crippen molar-refractivity contribution in [1.82, 2.24) is 0 Å². The molecule has 1 heterocycles. The predicted molar refractivity (Wildman–Crippen MR) is 164 cm³/mol. The van der Waals surface area contributed by atoms with E-state index in [1.54, 1.807) is 13.8 Å². The predicted octanol–water partition coefficient (Wildman–Crippen LogP) is 4.92. The molecule has 1 aliphatic heterocycles. The summed E-state index contributed by atoms with van der Waals surface area (Å²) >= 11 is 0. The number of aliphatic hydroxyl groups excluding tert-OH is 1. The first-order valence-electron chi connectivity index (χ1n) is 16.1. The lowest BCUT2D eigenvalue weighted by molar-refractivity contribution is -0.210. The molecule has 9 nitrogen and oxygen atoms in total. The van der Waals surface area contributed by atoms with Gasteiger partial charge in [0.2, 0.25) is 0 Å². The van der Waals surface area contributed by atoms with Gasteiger partial charge in [-0.05, 0) is 82.0 Å². The Bertz CT molecular complexity index is 1190. The summed E-state index contributed by atoms with van der Waals surface area (Å²) in [5.74, 6) is -1.31. The summed E-state index contributed by atoms with van der Waals surface area (Å²) in [4.78, 5) is 37.8. The van der Waals surface area contributed by atoms with Crippen LogP contribution in [0.25, 0.3) is 0 Å². The molecule has 4 aliphatic rings. The standard InChI is InChI=1S/C35H54O9/c1-19(2)24-16-28(43-20(3)36)35(9)26-12-11-23(22-15-25(38)31(42-18-22)32(5,6)40)33(26,7)14-13-27(35)34(24,8)29(44-21(4)37)17-30(39)41-10/h12,22-25,27-29,31,38,40H,1,11,13-18H2,2-10H3/t22-,23+,24+,25-,27-,28-,29?,31-,33+,34+,35+/m1/s1. The van der Waals surface area contributed by atoms with Crippen LogP contribution in [0.3, 0.4) is 0 Å². The van der Waals surface area contributed by atoms with Crippen molar-refractivity contribution in [2.45, 2.75) is 124 Å². The summed E-state index contributed by atoms with van der Waals surface area (Å²) in [6, 6.07) is 0. The smallest absolute Gasteiger partial charge is 0.309 e. The van der Waals surface area contributed by atoms with E-state index in [1.807, 2.05) is 6.92 Å². The second-order valence-corrected chi connectivity index (χ2v) is 15.2. The van der Waals surface area contributed by atoms with E-state index in [9.17, 15) is 24.6 Å². The van der Waals surface area contributed by atoms with Crippen LogP contribution in [0.4, 0.5) is 0 Å². The maximum absolute atomic E-state index is 12.7. The van der Waals surface area contributed by atoms with Gasteiger partial charge in [-0.1, -0.05) is 44.6 Å². The van der Waals surface area contributed by atoms with Gasteiger partial charge < -0.3 is 29.2 Å². The number of carbonyl (C=O) groups excluding carboxylic acids is 3. The third-order valence-electron chi connectivity index (χ3n) is 12.0. The number of rotatable bonds is 8. The molecular weight excluding hydrogens is 564 g/mol. The van der Waals surface area contributed by atoms with Crippen LogP contribution >= 0.6 is 0 Å². The van der Waals surface area contributed by atoms with Crippen LogP contribution in [0, 0.1) is 39.9 Å². The Labute approximate surface area is 262 Å². The second kappa shape index (κ2) is 12.2. The van der Waals surface area contributed by atoms with Crippen LogP contribution in [0.2, 0.25) is 0 Å². The SMILES string of the molecule is C=C(C)[C@@H]1C[C@@H](OC(C)=O)[C@@]2(C)C3=CC[C@@H]([C@H]4CO[C@@H](C(C)(C)O)[C@H](O)C4)[C@]3(C)CC[C@@H]2[C@@]1(C)C(CC(=O)OC)OC(C)=O. The molecule has 0 amide bonds. The van der Waals surface area contributed by atoms with Crippen LogP contribution in [0.15, 0.2) is 23.8 Å². The van der Waals surface area contributed by atoms with Gasteiger partial charge in [-0.3, -0.25) is 14.4 Å². The van der Waals surface area contributed by atoms with Crippen LogP contribution in [-0.4, -0.2) is 71.9 Å². The number of ether oxygens (including phenoxy) is 4. The fourth-order valence-electron chi connectivity index (χ4n) is 10.2. The number of hydrogen-bond acceptors (Lipinski definition) is 9. The highest BCUT2D eigenvalue weighted by atomic mass is 16.6. The molecule has 0 aromatic rings. The van der Waals surface area contributed by atoms with E-state index >= 15 is 0 Å². The van der Waals surface area contributed by atoms with E-state index in [-0.39, 0.29) is 41.5 Å². The van der Waals surface area contributed by atoms with Crippen molar-refractivity contribution in [1.29, 1.82) is 0 Å². The fraction of sp³-hybridized carbons (Fsp3) is 0.800. The van der Waals surface area contributed by atoms with Crippen LogP contribution in [-0.2, 0) is 33.3 Å². The number of fused-ring (bicyclic) bond motifs is 3. The molecule has 0 aromatic carbocycles. The van der Waals surface area contributed by atoms with Gasteiger partial charge in [0.05, 0.1) is 31.8 Å². The molecule has 0 radical (unpaired) electrons. The van der Waals surface area contributed by atoms with Crippen LogP contribution in [0.1, 0.15) is 93.9 Å². The Morgan fingerprint density at radius 2 is 1.80 bits per heavy atom. The normalized spacial score (nSPS) is 41.0. The van der Waals surface area contributed by atoms with Gasteiger partial charge in [0, 0.05) is 24.7 Å². The quantitative estimate of drug-likeness (QED) is 0.221. The molecule has 1 saturated heterocycles. The molecule has 0 aromatic heterocycles. The molecule has 9 heteroatoms. The van der Waals surface area contributed by atoms with E-state index < -0.39 is 52.8 Å².